The van der Waals surface area contributed by atoms with Gasteiger partial charge in [-0.05, 0) is 25.5 Å². The second-order valence-electron chi connectivity index (χ2n) is 3.69. The summed E-state index contributed by atoms with van der Waals surface area (Å²) in [5.41, 5.74) is 0. The lowest BCUT2D eigenvalue weighted by Gasteiger charge is -2.13. The van der Waals surface area contributed by atoms with E-state index in [1.165, 1.54) is 11.3 Å². The molecule has 0 aliphatic rings. The first-order valence-electron chi connectivity index (χ1n) is 5.93. The molecule has 0 aliphatic carbocycles. The van der Waals surface area contributed by atoms with Crippen molar-refractivity contribution in [2.24, 2.45) is 0 Å². The van der Waals surface area contributed by atoms with E-state index >= 15 is 0 Å². The fourth-order valence-electron chi connectivity index (χ4n) is 1.44. The SMILES string of the molecule is CCOC(CCCNC(=O)c1ccc(C=O)s1)OI. The van der Waals surface area contributed by atoms with Gasteiger partial charge in [0.05, 0.1) is 9.75 Å². The highest BCUT2D eigenvalue weighted by Gasteiger charge is 2.10. The number of carbonyl (C=O) groups excluding carboxylic acids is 2. The number of ether oxygens (including phenoxy) is 1. The highest BCUT2D eigenvalue weighted by molar-refractivity contribution is 14.1. The van der Waals surface area contributed by atoms with Crippen molar-refractivity contribution in [3.63, 3.8) is 0 Å². The fourth-order valence-corrected chi connectivity index (χ4v) is 2.58. The molecule has 106 valence electrons. The molecule has 0 radical (unpaired) electrons. The number of rotatable bonds is 9. The first kappa shape index (κ1) is 16.5. The molecule has 1 aromatic rings. The number of halogens is 1. The second kappa shape index (κ2) is 9.40. The fraction of sp³-hybridized carbons (Fsp3) is 0.500. The summed E-state index contributed by atoms with van der Waals surface area (Å²) in [5.74, 6) is -0.151. The van der Waals surface area contributed by atoms with Gasteiger partial charge < -0.3 is 10.1 Å². The molecule has 1 atom stereocenters. The third-order valence-electron chi connectivity index (χ3n) is 2.32. The molecule has 1 N–H and O–H groups in total. The number of thiophene rings is 1. The minimum atomic E-state index is -0.231. The third kappa shape index (κ3) is 5.98. The van der Waals surface area contributed by atoms with Crippen LogP contribution in [0.25, 0.3) is 0 Å². The van der Waals surface area contributed by atoms with E-state index in [0.29, 0.717) is 22.9 Å². The van der Waals surface area contributed by atoms with Gasteiger partial charge in [-0.1, -0.05) is 0 Å². The lowest BCUT2D eigenvalue weighted by atomic mass is 10.3. The summed E-state index contributed by atoms with van der Waals surface area (Å²) in [5, 5.41) is 2.80. The smallest absolute Gasteiger partial charge is 0.261 e. The Morgan fingerprint density at radius 1 is 1.58 bits per heavy atom. The van der Waals surface area contributed by atoms with Crippen molar-refractivity contribution in [2.45, 2.75) is 26.1 Å². The van der Waals surface area contributed by atoms with Crippen LogP contribution in [0.4, 0.5) is 0 Å². The standard InChI is InChI=1S/C12H16INO4S/c1-2-17-11(18-13)4-3-7-14-12(16)10-6-5-9(8-15)19-10/h5-6,8,11H,2-4,7H2,1H3,(H,14,16). The second-order valence-corrected chi connectivity index (χ2v) is 5.32. The summed E-state index contributed by atoms with van der Waals surface area (Å²) in [6.07, 6.45) is 2.00. The van der Waals surface area contributed by atoms with Gasteiger partial charge in [0.15, 0.2) is 12.6 Å². The minimum absolute atomic E-state index is 0.151. The zero-order valence-corrected chi connectivity index (χ0v) is 13.5. The molecule has 7 heteroatoms. The van der Waals surface area contributed by atoms with Crippen LogP contribution in [0.5, 0.6) is 0 Å². The molecule has 0 saturated heterocycles. The van der Waals surface area contributed by atoms with E-state index in [-0.39, 0.29) is 12.2 Å². The molecule has 0 saturated carbocycles. The zero-order valence-electron chi connectivity index (χ0n) is 10.6. The molecule has 0 aliphatic heterocycles. The molecule has 0 aromatic carbocycles. The van der Waals surface area contributed by atoms with Crippen LogP contribution in [0.3, 0.4) is 0 Å². The highest BCUT2D eigenvalue weighted by Crippen LogP contribution is 2.14. The van der Waals surface area contributed by atoms with Crippen LogP contribution >= 0.6 is 34.3 Å². The van der Waals surface area contributed by atoms with Gasteiger partial charge in [0.25, 0.3) is 5.91 Å². The lowest BCUT2D eigenvalue weighted by molar-refractivity contribution is -0.0552. The largest absolute Gasteiger partial charge is 0.352 e. The third-order valence-corrected chi connectivity index (χ3v) is 3.90. The number of carbonyl (C=O) groups is 2. The predicted octanol–water partition coefficient (Wildman–Crippen LogP) is 2.80. The van der Waals surface area contributed by atoms with Crippen molar-refractivity contribution in [3.8, 4) is 0 Å². The monoisotopic (exact) mass is 397 g/mol. The zero-order chi connectivity index (χ0) is 14.1. The van der Waals surface area contributed by atoms with Crippen LogP contribution in [0.15, 0.2) is 12.1 Å². The van der Waals surface area contributed by atoms with Crippen molar-refractivity contribution in [2.75, 3.05) is 13.2 Å². The van der Waals surface area contributed by atoms with Gasteiger partial charge in [0, 0.05) is 19.6 Å². The van der Waals surface area contributed by atoms with E-state index in [2.05, 4.69) is 5.32 Å². The Morgan fingerprint density at radius 3 is 2.95 bits per heavy atom. The van der Waals surface area contributed by atoms with Gasteiger partial charge in [0.2, 0.25) is 0 Å². The summed E-state index contributed by atoms with van der Waals surface area (Å²) in [6.45, 7) is 3.06. The van der Waals surface area contributed by atoms with Gasteiger partial charge in [-0.2, -0.15) is 0 Å². The van der Waals surface area contributed by atoms with Gasteiger partial charge in [-0.15, -0.1) is 11.3 Å². The normalized spacial score (nSPS) is 12.1. The van der Waals surface area contributed by atoms with Gasteiger partial charge in [-0.3, -0.25) is 12.7 Å². The number of hydrogen-bond donors (Lipinski definition) is 1. The average molecular weight is 397 g/mol. The quantitative estimate of drug-likeness (QED) is 0.301. The van der Waals surface area contributed by atoms with E-state index in [1.807, 2.05) is 29.9 Å². The van der Waals surface area contributed by atoms with E-state index in [1.54, 1.807) is 12.1 Å². The Kier molecular flexibility index (Phi) is 8.19. The molecular weight excluding hydrogens is 381 g/mol. The first-order chi connectivity index (χ1) is 9.21. The maximum atomic E-state index is 11.7. The van der Waals surface area contributed by atoms with Gasteiger partial charge in [-0.25, -0.2) is 0 Å². The Bertz CT molecular complexity index is 410. The summed E-state index contributed by atoms with van der Waals surface area (Å²) < 4.78 is 10.4. The number of nitrogens with one attached hydrogen (secondary N) is 1. The topological polar surface area (TPSA) is 64.6 Å². The van der Waals surface area contributed by atoms with E-state index < -0.39 is 0 Å². The van der Waals surface area contributed by atoms with Crippen molar-refractivity contribution in [3.05, 3.63) is 21.9 Å². The first-order valence-corrected chi connectivity index (χ1v) is 7.63. The molecule has 19 heavy (non-hydrogen) atoms. The van der Waals surface area contributed by atoms with Crippen LogP contribution in [0.1, 0.15) is 39.1 Å². The van der Waals surface area contributed by atoms with Crippen LogP contribution in [0, 0.1) is 0 Å². The molecule has 1 amide bonds. The summed E-state index contributed by atoms with van der Waals surface area (Å²) in [7, 11) is 0. The summed E-state index contributed by atoms with van der Waals surface area (Å²) >= 11 is 3.00. The average Bonchev–Trinajstić information content (AvgIpc) is 2.91. The molecule has 1 rings (SSSR count). The van der Waals surface area contributed by atoms with Crippen molar-refractivity contribution in [1.29, 1.82) is 0 Å². The van der Waals surface area contributed by atoms with E-state index in [0.717, 1.165) is 19.1 Å². The van der Waals surface area contributed by atoms with E-state index in [9.17, 15) is 9.59 Å². The molecule has 0 bridgehead atoms. The minimum Gasteiger partial charge on any atom is -0.352 e. The maximum absolute atomic E-state index is 11.7. The van der Waals surface area contributed by atoms with Crippen molar-refractivity contribution in [1.82, 2.24) is 5.32 Å². The Balaban J connectivity index is 2.25. The molecule has 1 unspecified atom stereocenters. The van der Waals surface area contributed by atoms with Crippen LogP contribution in [0.2, 0.25) is 0 Å². The van der Waals surface area contributed by atoms with Crippen LogP contribution in [-0.4, -0.2) is 31.6 Å². The number of amides is 1. The van der Waals surface area contributed by atoms with Crippen molar-refractivity contribution < 1.29 is 17.4 Å². The molecule has 1 heterocycles. The van der Waals surface area contributed by atoms with Crippen LogP contribution in [-0.2, 0) is 7.80 Å². The summed E-state index contributed by atoms with van der Waals surface area (Å²) in [6, 6.07) is 3.29. The molecule has 1 aromatic heterocycles. The van der Waals surface area contributed by atoms with Gasteiger partial charge in [0.1, 0.15) is 23.0 Å². The molecule has 0 fully saturated rings. The predicted molar refractivity (Wildman–Crippen MR) is 81.8 cm³/mol. The Labute approximate surface area is 130 Å². The molecule has 5 nitrogen and oxygen atoms in total. The summed E-state index contributed by atoms with van der Waals surface area (Å²) in [4.78, 5) is 23.4. The molecular formula is C12H16INO4S. The number of aldehydes is 1. The van der Waals surface area contributed by atoms with Gasteiger partial charge >= 0.3 is 0 Å². The Hall–Kier alpha value is -0.510. The van der Waals surface area contributed by atoms with E-state index in [4.69, 9.17) is 7.80 Å². The number of hydrogen-bond acceptors (Lipinski definition) is 5. The lowest BCUT2D eigenvalue weighted by Crippen LogP contribution is -2.25. The highest BCUT2D eigenvalue weighted by atomic mass is 127. The Morgan fingerprint density at radius 2 is 2.37 bits per heavy atom. The van der Waals surface area contributed by atoms with Crippen molar-refractivity contribution >= 4 is 46.5 Å². The van der Waals surface area contributed by atoms with Crippen LogP contribution < -0.4 is 5.32 Å². The maximum Gasteiger partial charge on any atom is 0.261 e. The molecule has 0 spiro atoms.